The maximum atomic E-state index is 5.48. The van der Waals surface area contributed by atoms with Crippen LogP contribution in [0.4, 0.5) is 0 Å². The van der Waals surface area contributed by atoms with E-state index in [2.05, 4.69) is 31.1 Å². The summed E-state index contributed by atoms with van der Waals surface area (Å²) in [5.41, 5.74) is 0. The molecule has 1 fully saturated rings. The molecule has 1 atom stereocenters. The molecule has 0 spiro atoms. The maximum Gasteiger partial charge on any atom is 0.0622 e. The predicted molar refractivity (Wildman–Crippen MR) is 70.4 cm³/mol. The van der Waals surface area contributed by atoms with Gasteiger partial charge in [0.15, 0.2) is 0 Å². The fourth-order valence-corrected chi connectivity index (χ4v) is 1.95. The highest BCUT2D eigenvalue weighted by Gasteiger charge is 2.19. The summed E-state index contributed by atoms with van der Waals surface area (Å²) in [6, 6.07) is 0.626. The molecule has 0 bridgehead atoms. The molecule has 0 amide bonds. The third-order valence-electron chi connectivity index (χ3n) is 3.12. The van der Waals surface area contributed by atoms with E-state index >= 15 is 0 Å². The summed E-state index contributed by atoms with van der Waals surface area (Å²) < 4.78 is 10.9. The first-order chi connectivity index (χ1) is 8.20. The zero-order valence-electron chi connectivity index (χ0n) is 11.6. The Morgan fingerprint density at radius 2 is 2.24 bits per heavy atom. The Bertz CT molecular complexity index is 182. The van der Waals surface area contributed by atoms with Crippen molar-refractivity contribution in [3.05, 3.63) is 0 Å². The van der Waals surface area contributed by atoms with Gasteiger partial charge < -0.3 is 14.8 Å². The van der Waals surface area contributed by atoms with Crippen LogP contribution in [0.2, 0.25) is 0 Å². The minimum absolute atomic E-state index is 0.350. The molecule has 0 aromatic carbocycles. The van der Waals surface area contributed by atoms with Gasteiger partial charge in [-0.05, 0) is 40.3 Å². The van der Waals surface area contributed by atoms with Gasteiger partial charge >= 0.3 is 0 Å². The molecule has 1 saturated heterocycles. The van der Waals surface area contributed by atoms with Crippen molar-refractivity contribution in [3.8, 4) is 0 Å². The fraction of sp³-hybridized carbons (Fsp3) is 1.00. The molecule has 1 heterocycles. The van der Waals surface area contributed by atoms with Gasteiger partial charge in [0.05, 0.1) is 12.7 Å². The molecule has 0 aromatic rings. The Kier molecular flexibility index (Phi) is 7.77. The number of nitrogens with zero attached hydrogens (tertiary/aromatic N) is 1. The van der Waals surface area contributed by atoms with Crippen LogP contribution >= 0.6 is 0 Å². The molecule has 0 aromatic heterocycles. The Labute approximate surface area is 106 Å². The van der Waals surface area contributed by atoms with Crippen LogP contribution in [0, 0.1) is 0 Å². The quantitative estimate of drug-likeness (QED) is 0.616. The van der Waals surface area contributed by atoms with Crippen LogP contribution in [0.15, 0.2) is 0 Å². The Hall–Kier alpha value is -0.160. The van der Waals surface area contributed by atoms with E-state index in [-0.39, 0.29) is 0 Å². The number of rotatable bonds is 9. The predicted octanol–water partition coefficient (Wildman–Crippen LogP) is 1.11. The molecule has 4 nitrogen and oxygen atoms in total. The van der Waals surface area contributed by atoms with Crippen LogP contribution in [0.1, 0.15) is 26.7 Å². The molecular formula is C13H28N2O2. The Balaban J connectivity index is 1.86. The van der Waals surface area contributed by atoms with Gasteiger partial charge in [-0.2, -0.15) is 0 Å². The molecule has 1 unspecified atom stereocenters. The third kappa shape index (κ3) is 6.99. The van der Waals surface area contributed by atoms with E-state index in [1.807, 2.05) is 0 Å². The second-order valence-corrected chi connectivity index (χ2v) is 5.02. The number of ether oxygens (including phenoxy) is 2. The molecule has 0 saturated carbocycles. The Morgan fingerprint density at radius 1 is 1.41 bits per heavy atom. The van der Waals surface area contributed by atoms with Crippen LogP contribution < -0.4 is 5.32 Å². The molecule has 1 rings (SSSR count). The highest BCUT2D eigenvalue weighted by atomic mass is 16.5. The largest absolute Gasteiger partial charge is 0.380 e. The summed E-state index contributed by atoms with van der Waals surface area (Å²) in [5, 5.41) is 3.45. The molecule has 0 radical (unpaired) electrons. The smallest absolute Gasteiger partial charge is 0.0622 e. The van der Waals surface area contributed by atoms with Crippen molar-refractivity contribution in [1.29, 1.82) is 0 Å². The van der Waals surface area contributed by atoms with E-state index in [4.69, 9.17) is 9.47 Å². The highest BCUT2D eigenvalue weighted by molar-refractivity contribution is 4.73. The van der Waals surface area contributed by atoms with E-state index in [9.17, 15) is 0 Å². The minimum Gasteiger partial charge on any atom is -0.380 e. The van der Waals surface area contributed by atoms with Crippen molar-refractivity contribution in [1.82, 2.24) is 10.2 Å². The van der Waals surface area contributed by atoms with Crippen molar-refractivity contribution in [2.24, 2.45) is 0 Å². The summed E-state index contributed by atoms with van der Waals surface area (Å²) >= 11 is 0. The van der Waals surface area contributed by atoms with Gasteiger partial charge in [0.25, 0.3) is 0 Å². The normalized spacial score (nSPS) is 20.6. The van der Waals surface area contributed by atoms with E-state index in [0.29, 0.717) is 12.1 Å². The van der Waals surface area contributed by atoms with Crippen LogP contribution in [0.25, 0.3) is 0 Å². The number of hydrogen-bond donors (Lipinski definition) is 1. The topological polar surface area (TPSA) is 33.7 Å². The zero-order chi connectivity index (χ0) is 12.5. The van der Waals surface area contributed by atoms with Gasteiger partial charge in [-0.15, -0.1) is 0 Å². The average Bonchev–Trinajstić information content (AvgIpc) is 2.80. The SMILES string of the molecule is CC(C)OCCCNCCN(C)C1CCOC1. The lowest BCUT2D eigenvalue weighted by atomic mass is 10.2. The minimum atomic E-state index is 0.350. The Morgan fingerprint density at radius 3 is 2.88 bits per heavy atom. The van der Waals surface area contributed by atoms with Crippen molar-refractivity contribution in [2.75, 3.05) is 46.5 Å². The summed E-state index contributed by atoms with van der Waals surface area (Å²) in [4.78, 5) is 2.39. The molecule has 1 aliphatic heterocycles. The molecule has 1 aliphatic rings. The van der Waals surface area contributed by atoms with Gasteiger partial charge in [-0.3, -0.25) is 4.90 Å². The molecule has 1 N–H and O–H groups in total. The monoisotopic (exact) mass is 244 g/mol. The van der Waals surface area contributed by atoms with Crippen LogP contribution in [0.5, 0.6) is 0 Å². The molecule has 4 heteroatoms. The van der Waals surface area contributed by atoms with Gasteiger partial charge in [-0.1, -0.05) is 0 Å². The lowest BCUT2D eigenvalue weighted by molar-refractivity contribution is 0.0769. The van der Waals surface area contributed by atoms with Gasteiger partial charge in [-0.25, -0.2) is 0 Å². The van der Waals surface area contributed by atoms with E-state index in [1.165, 1.54) is 6.42 Å². The first-order valence-corrected chi connectivity index (χ1v) is 6.80. The number of hydrogen-bond acceptors (Lipinski definition) is 4. The summed E-state index contributed by atoms with van der Waals surface area (Å²) in [5.74, 6) is 0. The lowest BCUT2D eigenvalue weighted by Gasteiger charge is -2.22. The molecular weight excluding hydrogens is 216 g/mol. The number of likely N-dealkylation sites (N-methyl/N-ethyl adjacent to an activating group) is 1. The van der Waals surface area contributed by atoms with E-state index in [1.54, 1.807) is 0 Å². The fourth-order valence-electron chi connectivity index (χ4n) is 1.95. The van der Waals surface area contributed by atoms with Gasteiger partial charge in [0.1, 0.15) is 0 Å². The number of nitrogens with one attached hydrogen (secondary N) is 1. The second kappa shape index (κ2) is 8.86. The zero-order valence-corrected chi connectivity index (χ0v) is 11.6. The van der Waals surface area contributed by atoms with E-state index < -0.39 is 0 Å². The maximum absolute atomic E-state index is 5.48. The average molecular weight is 244 g/mol. The summed E-state index contributed by atoms with van der Waals surface area (Å²) in [6.07, 6.45) is 2.62. The standard InChI is InChI=1S/C13H28N2O2/c1-12(2)17-9-4-6-14-7-8-15(3)13-5-10-16-11-13/h12-14H,4-11H2,1-3H3. The van der Waals surface area contributed by atoms with Crippen molar-refractivity contribution in [3.63, 3.8) is 0 Å². The second-order valence-electron chi connectivity index (χ2n) is 5.02. The van der Waals surface area contributed by atoms with Crippen LogP contribution in [0.3, 0.4) is 0 Å². The summed E-state index contributed by atoms with van der Waals surface area (Å²) in [6.45, 7) is 10.0. The molecule has 0 aliphatic carbocycles. The first kappa shape index (κ1) is 14.9. The third-order valence-corrected chi connectivity index (χ3v) is 3.12. The first-order valence-electron chi connectivity index (χ1n) is 6.80. The van der Waals surface area contributed by atoms with Gasteiger partial charge in [0, 0.05) is 32.3 Å². The molecule has 102 valence electrons. The molecule has 17 heavy (non-hydrogen) atoms. The van der Waals surface area contributed by atoms with E-state index in [0.717, 1.165) is 45.9 Å². The van der Waals surface area contributed by atoms with Crippen molar-refractivity contribution in [2.45, 2.75) is 38.8 Å². The van der Waals surface area contributed by atoms with Gasteiger partial charge in [0.2, 0.25) is 0 Å². The van der Waals surface area contributed by atoms with Crippen LogP contribution in [-0.2, 0) is 9.47 Å². The van der Waals surface area contributed by atoms with Crippen molar-refractivity contribution >= 4 is 0 Å². The van der Waals surface area contributed by atoms with Crippen molar-refractivity contribution < 1.29 is 9.47 Å². The lowest BCUT2D eigenvalue weighted by Crippen LogP contribution is -2.37. The highest BCUT2D eigenvalue weighted by Crippen LogP contribution is 2.09. The summed E-state index contributed by atoms with van der Waals surface area (Å²) in [7, 11) is 2.18. The van der Waals surface area contributed by atoms with Crippen LogP contribution in [-0.4, -0.2) is 63.5 Å².